The first-order chi connectivity index (χ1) is 5.96. The summed E-state index contributed by atoms with van der Waals surface area (Å²) in [5, 5.41) is 10.9. The fourth-order valence-corrected chi connectivity index (χ4v) is 1.13. The number of hydrogen-bond donors (Lipinski definition) is 0. The molecule has 5 heteroatoms. The molecule has 0 N–H and O–H groups in total. The maximum Gasteiger partial charge on any atom is 0.422 e. The topological polar surface area (TPSA) is 26.9 Å². The molecular formula is C8H8F3NO. The summed E-state index contributed by atoms with van der Waals surface area (Å²) >= 11 is 0. The fourth-order valence-electron chi connectivity index (χ4n) is 1.13. The normalized spacial score (nSPS) is 11.7. The van der Waals surface area contributed by atoms with Crippen LogP contribution >= 0.6 is 0 Å². The Morgan fingerprint density at radius 1 is 1.46 bits per heavy atom. The molecule has 0 aliphatic carbocycles. The van der Waals surface area contributed by atoms with E-state index >= 15 is 0 Å². The number of pyridine rings is 1. The van der Waals surface area contributed by atoms with Gasteiger partial charge in [0.15, 0.2) is 6.20 Å². The molecule has 0 aromatic carbocycles. The van der Waals surface area contributed by atoms with Crippen molar-refractivity contribution in [3.63, 3.8) is 0 Å². The minimum atomic E-state index is -4.45. The molecule has 0 amide bonds. The first-order valence-corrected chi connectivity index (χ1v) is 3.75. The van der Waals surface area contributed by atoms with Crippen molar-refractivity contribution in [2.75, 3.05) is 0 Å². The van der Waals surface area contributed by atoms with Crippen molar-refractivity contribution in [1.82, 2.24) is 0 Å². The Morgan fingerprint density at radius 2 is 2.08 bits per heavy atom. The molecule has 0 atom stereocenters. The first kappa shape index (κ1) is 9.83. The Morgan fingerprint density at radius 3 is 2.46 bits per heavy atom. The third-order valence-electron chi connectivity index (χ3n) is 1.70. The maximum absolute atomic E-state index is 12.3. The molecule has 13 heavy (non-hydrogen) atoms. The highest BCUT2D eigenvalue weighted by Crippen LogP contribution is 2.30. The molecule has 0 bridgehead atoms. The zero-order valence-corrected chi connectivity index (χ0v) is 6.93. The van der Waals surface area contributed by atoms with Crippen molar-refractivity contribution >= 4 is 0 Å². The molecule has 1 heterocycles. The molecule has 72 valence electrons. The second-order valence-electron chi connectivity index (χ2n) is 2.55. The van der Waals surface area contributed by atoms with E-state index in [9.17, 15) is 18.4 Å². The average Bonchev–Trinajstić information content (AvgIpc) is 2.02. The van der Waals surface area contributed by atoms with Crippen LogP contribution in [0.1, 0.15) is 18.2 Å². The van der Waals surface area contributed by atoms with Gasteiger partial charge in [-0.05, 0) is 6.07 Å². The lowest BCUT2D eigenvalue weighted by Gasteiger charge is -2.10. The van der Waals surface area contributed by atoms with Gasteiger partial charge in [0.1, 0.15) is 5.56 Å². The van der Waals surface area contributed by atoms with Crippen LogP contribution in [0.3, 0.4) is 0 Å². The van der Waals surface area contributed by atoms with E-state index in [1.165, 1.54) is 6.92 Å². The largest absolute Gasteiger partial charge is 0.618 e. The minimum absolute atomic E-state index is 0.0686. The van der Waals surface area contributed by atoms with Gasteiger partial charge in [-0.1, -0.05) is 6.92 Å². The van der Waals surface area contributed by atoms with E-state index in [1.807, 2.05) is 0 Å². The van der Waals surface area contributed by atoms with Gasteiger partial charge in [-0.2, -0.15) is 17.9 Å². The second kappa shape index (κ2) is 3.24. The summed E-state index contributed by atoms with van der Waals surface area (Å²) in [6, 6.07) is 2.00. The summed E-state index contributed by atoms with van der Waals surface area (Å²) in [5.41, 5.74) is -1.09. The van der Waals surface area contributed by atoms with Gasteiger partial charge < -0.3 is 5.21 Å². The highest BCUT2D eigenvalue weighted by Gasteiger charge is 2.36. The van der Waals surface area contributed by atoms with E-state index in [-0.39, 0.29) is 16.8 Å². The Hall–Kier alpha value is -1.26. The van der Waals surface area contributed by atoms with Crippen molar-refractivity contribution < 1.29 is 17.9 Å². The zero-order chi connectivity index (χ0) is 10.1. The van der Waals surface area contributed by atoms with Crippen LogP contribution in [0.15, 0.2) is 18.3 Å². The number of aromatic nitrogens is 1. The SMILES string of the molecule is CCc1c(C(F)(F)F)ccc[n+]1[O-]. The predicted octanol–water partition coefficient (Wildman–Crippen LogP) is 1.90. The van der Waals surface area contributed by atoms with Crippen molar-refractivity contribution in [3.05, 3.63) is 34.8 Å². The van der Waals surface area contributed by atoms with Gasteiger partial charge >= 0.3 is 6.18 Å². The third-order valence-corrected chi connectivity index (χ3v) is 1.70. The molecule has 2 nitrogen and oxygen atoms in total. The van der Waals surface area contributed by atoms with Crippen LogP contribution in [0.4, 0.5) is 13.2 Å². The highest BCUT2D eigenvalue weighted by atomic mass is 19.4. The number of hydrogen-bond acceptors (Lipinski definition) is 1. The number of nitrogens with zero attached hydrogens (tertiary/aromatic N) is 1. The molecular weight excluding hydrogens is 183 g/mol. The fraction of sp³-hybridized carbons (Fsp3) is 0.375. The van der Waals surface area contributed by atoms with Gasteiger partial charge in [0.05, 0.1) is 0 Å². The van der Waals surface area contributed by atoms with E-state index in [4.69, 9.17) is 0 Å². The lowest BCUT2D eigenvalue weighted by atomic mass is 10.1. The van der Waals surface area contributed by atoms with Gasteiger partial charge in [-0.15, -0.1) is 0 Å². The van der Waals surface area contributed by atoms with Gasteiger partial charge in [-0.25, -0.2) is 0 Å². The van der Waals surface area contributed by atoms with E-state index in [1.54, 1.807) is 0 Å². The summed E-state index contributed by atoms with van der Waals surface area (Å²) in [7, 11) is 0. The molecule has 0 spiro atoms. The van der Waals surface area contributed by atoms with E-state index in [0.717, 1.165) is 18.3 Å². The molecule has 0 fully saturated rings. The predicted molar refractivity (Wildman–Crippen MR) is 39.8 cm³/mol. The van der Waals surface area contributed by atoms with Crippen LogP contribution in [0.5, 0.6) is 0 Å². The molecule has 0 saturated carbocycles. The van der Waals surface area contributed by atoms with Gasteiger partial charge in [-0.3, -0.25) is 0 Å². The monoisotopic (exact) mass is 191 g/mol. The lowest BCUT2D eigenvalue weighted by molar-refractivity contribution is -0.615. The van der Waals surface area contributed by atoms with E-state index in [2.05, 4.69) is 0 Å². The highest BCUT2D eigenvalue weighted by molar-refractivity contribution is 5.19. The minimum Gasteiger partial charge on any atom is -0.618 e. The van der Waals surface area contributed by atoms with Gasteiger partial charge in [0.25, 0.3) is 0 Å². The number of rotatable bonds is 1. The van der Waals surface area contributed by atoms with Crippen LogP contribution in [0.2, 0.25) is 0 Å². The van der Waals surface area contributed by atoms with E-state index < -0.39 is 11.7 Å². The summed E-state index contributed by atoms with van der Waals surface area (Å²) in [6.45, 7) is 1.51. The maximum atomic E-state index is 12.3. The van der Waals surface area contributed by atoms with Gasteiger partial charge in [0.2, 0.25) is 5.69 Å². The lowest BCUT2D eigenvalue weighted by Crippen LogP contribution is -2.34. The van der Waals surface area contributed by atoms with E-state index in [0.29, 0.717) is 0 Å². The Balaban J connectivity index is 3.29. The summed E-state index contributed by atoms with van der Waals surface area (Å²) in [4.78, 5) is 0. The van der Waals surface area contributed by atoms with Crippen LogP contribution in [-0.2, 0) is 12.6 Å². The molecule has 0 unspecified atom stereocenters. The molecule has 1 aromatic rings. The Bertz CT molecular complexity index is 309. The van der Waals surface area contributed by atoms with Crippen LogP contribution in [0.25, 0.3) is 0 Å². The number of halogens is 3. The first-order valence-electron chi connectivity index (χ1n) is 3.75. The van der Waals surface area contributed by atoms with Gasteiger partial charge in [0, 0.05) is 12.5 Å². The Kier molecular flexibility index (Phi) is 2.45. The smallest absolute Gasteiger partial charge is 0.422 e. The molecule has 1 rings (SSSR count). The average molecular weight is 191 g/mol. The van der Waals surface area contributed by atoms with Crippen molar-refractivity contribution in [2.24, 2.45) is 0 Å². The number of alkyl halides is 3. The molecule has 0 aliphatic heterocycles. The molecule has 1 aromatic heterocycles. The summed E-state index contributed by atoms with van der Waals surface area (Å²) in [5.74, 6) is 0. The van der Waals surface area contributed by atoms with Crippen molar-refractivity contribution in [1.29, 1.82) is 0 Å². The second-order valence-corrected chi connectivity index (χ2v) is 2.55. The van der Waals surface area contributed by atoms with Crippen LogP contribution in [0, 0.1) is 5.21 Å². The van der Waals surface area contributed by atoms with Crippen molar-refractivity contribution in [2.45, 2.75) is 19.5 Å². The third kappa shape index (κ3) is 1.91. The molecule has 0 aliphatic rings. The Labute approximate surface area is 73.2 Å². The molecule has 0 radical (unpaired) electrons. The standard InChI is InChI=1S/C8H8F3NO/c1-2-7-6(8(9,10)11)4-3-5-12(7)13/h3-5H,2H2,1H3. The van der Waals surface area contributed by atoms with Crippen LogP contribution < -0.4 is 4.73 Å². The van der Waals surface area contributed by atoms with Crippen molar-refractivity contribution in [3.8, 4) is 0 Å². The summed E-state index contributed by atoms with van der Waals surface area (Å²) < 4.78 is 37.0. The quantitative estimate of drug-likeness (QED) is 0.492. The summed E-state index contributed by atoms with van der Waals surface area (Å²) in [6.07, 6.45) is -3.31. The zero-order valence-electron chi connectivity index (χ0n) is 6.93. The van der Waals surface area contributed by atoms with Crippen LogP contribution in [-0.4, -0.2) is 0 Å². The molecule has 0 saturated heterocycles.